The van der Waals surface area contributed by atoms with Crippen molar-refractivity contribution in [2.45, 2.75) is 19.9 Å². The smallest absolute Gasteiger partial charge is 0.146 e. The van der Waals surface area contributed by atoms with Crippen LogP contribution in [0.5, 0.6) is 0 Å². The predicted molar refractivity (Wildman–Crippen MR) is 76.1 cm³/mol. The second kappa shape index (κ2) is 5.39. The first-order valence-electron chi connectivity index (χ1n) is 5.72. The maximum absolute atomic E-state index is 14.1. The van der Waals surface area contributed by atoms with E-state index in [1.807, 2.05) is 7.05 Å². The second-order valence-electron chi connectivity index (χ2n) is 4.23. The third-order valence-corrected chi connectivity index (χ3v) is 4.25. The maximum Gasteiger partial charge on any atom is 0.146 e. The maximum atomic E-state index is 14.1. The number of thiophene rings is 1. The van der Waals surface area contributed by atoms with Gasteiger partial charge in [0.2, 0.25) is 0 Å². The zero-order chi connectivity index (χ0) is 13.3. The lowest BCUT2D eigenvalue weighted by atomic mass is 9.99. The van der Waals surface area contributed by atoms with Crippen molar-refractivity contribution in [3.63, 3.8) is 0 Å². The molecule has 0 aliphatic carbocycles. The number of hydrogen-bond donors (Lipinski definition) is 1. The van der Waals surface area contributed by atoms with Crippen LogP contribution in [0.15, 0.2) is 24.3 Å². The molecule has 0 saturated heterocycles. The van der Waals surface area contributed by atoms with Crippen LogP contribution in [-0.4, -0.2) is 7.05 Å². The Kier molecular flexibility index (Phi) is 4.05. The normalized spacial score (nSPS) is 12.7. The molecule has 18 heavy (non-hydrogen) atoms. The molecule has 0 spiro atoms. The SMILES string of the molecule is CNC(c1cc(C)sc1C)c1cccc(Cl)c1F. The van der Waals surface area contributed by atoms with Crippen LogP contribution in [0.1, 0.15) is 26.9 Å². The zero-order valence-electron chi connectivity index (χ0n) is 10.6. The Morgan fingerprint density at radius 1 is 1.28 bits per heavy atom. The van der Waals surface area contributed by atoms with Gasteiger partial charge in [-0.2, -0.15) is 0 Å². The molecule has 0 aliphatic rings. The lowest BCUT2D eigenvalue weighted by Crippen LogP contribution is -2.19. The zero-order valence-corrected chi connectivity index (χ0v) is 12.1. The third kappa shape index (κ3) is 2.44. The van der Waals surface area contributed by atoms with Crippen molar-refractivity contribution >= 4 is 22.9 Å². The third-order valence-electron chi connectivity index (χ3n) is 2.97. The van der Waals surface area contributed by atoms with E-state index in [9.17, 15) is 4.39 Å². The van der Waals surface area contributed by atoms with Gasteiger partial charge in [0.25, 0.3) is 0 Å². The molecule has 2 aromatic rings. The Morgan fingerprint density at radius 3 is 2.56 bits per heavy atom. The summed E-state index contributed by atoms with van der Waals surface area (Å²) in [5, 5.41) is 3.33. The average Bonchev–Trinajstić information content (AvgIpc) is 2.65. The second-order valence-corrected chi connectivity index (χ2v) is 6.10. The van der Waals surface area contributed by atoms with Gasteiger partial charge in [-0.25, -0.2) is 4.39 Å². The monoisotopic (exact) mass is 283 g/mol. The highest BCUT2D eigenvalue weighted by atomic mass is 35.5. The molecule has 1 heterocycles. The summed E-state index contributed by atoms with van der Waals surface area (Å²) in [6, 6.07) is 7.06. The van der Waals surface area contributed by atoms with Crippen molar-refractivity contribution in [2.75, 3.05) is 7.05 Å². The standard InChI is InChI=1S/C14H15ClFNS/c1-8-7-11(9(2)18-8)14(17-3)10-5-4-6-12(15)13(10)16/h4-7,14,17H,1-3H3. The van der Waals surface area contributed by atoms with Gasteiger partial charge in [0.15, 0.2) is 0 Å². The number of hydrogen-bond acceptors (Lipinski definition) is 2. The molecule has 0 saturated carbocycles. The molecular weight excluding hydrogens is 269 g/mol. The van der Waals surface area contributed by atoms with Gasteiger partial charge in [-0.05, 0) is 38.6 Å². The molecule has 1 nitrogen and oxygen atoms in total. The number of rotatable bonds is 3. The Morgan fingerprint density at radius 2 is 2.00 bits per heavy atom. The molecule has 1 aromatic heterocycles. The summed E-state index contributed by atoms with van der Waals surface area (Å²) in [7, 11) is 1.83. The van der Waals surface area contributed by atoms with E-state index in [1.54, 1.807) is 29.5 Å². The largest absolute Gasteiger partial charge is 0.309 e. The Hall–Kier alpha value is -0.900. The molecule has 96 valence electrons. The van der Waals surface area contributed by atoms with Crippen LogP contribution in [0.25, 0.3) is 0 Å². The highest BCUT2D eigenvalue weighted by Gasteiger charge is 2.20. The van der Waals surface area contributed by atoms with Crippen molar-refractivity contribution in [3.8, 4) is 0 Å². The molecule has 0 aliphatic heterocycles. The van der Waals surface area contributed by atoms with Crippen molar-refractivity contribution in [2.24, 2.45) is 0 Å². The fourth-order valence-corrected chi connectivity index (χ4v) is 3.30. The highest BCUT2D eigenvalue weighted by molar-refractivity contribution is 7.12. The average molecular weight is 284 g/mol. The molecule has 0 radical (unpaired) electrons. The summed E-state index contributed by atoms with van der Waals surface area (Å²) in [4.78, 5) is 2.43. The van der Waals surface area contributed by atoms with E-state index in [0.717, 1.165) is 5.56 Å². The van der Waals surface area contributed by atoms with Crippen LogP contribution in [-0.2, 0) is 0 Å². The molecule has 4 heteroatoms. The molecule has 1 N–H and O–H groups in total. The molecule has 1 aromatic carbocycles. The van der Waals surface area contributed by atoms with Gasteiger partial charge in [0.1, 0.15) is 5.82 Å². The van der Waals surface area contributed by atoms with E-state index in [1.165, 1.54) is 9.75 Å². The van der Waals surface area contributed by atoms with Crippen LogP contribution in [0.4, 0.5) is 4.39 Å². The minimum Gasteiger partial charge on any atom is -0.309 e. The Labute approximate surface area is 116 Å². The first-order valence-corrected chi connectivity index (χ1v) is 6.92. The van der Waals surface area contributed by atoms with Crippen LogP contribution in [0.2, 0.25) is 5.02 Å². The summed E-state index contributed by atoms with van der Waals surface area (Å²) >= 11 is 7.57. The summed E-state index contributed by atoms with van der Waals surface area (Å²) in [6.07, 6.45) is 0. The van der Waals surface area contributed by atoms with Crippen LogP contribution < -0.4 is 5.32 Å². The number of halogens is 2. The van der Waals surface area contributed by atoms with E-state index < -0.39 is 0 Å². The predicted octanol–water partition coefficient (Wildman–Crippen LogP) is 4.47. The van der Waals surface area contributed by atoms with Gasteiger partial charge in [-0.1, -0.05) is 23.7 Å². The number of aryl methyl sites for hydroxylation is 2. The van der Waals surface area contributed by atoms with E-state index in [-0.39, 0.29) is 16.9 Å². The Bertz CT molecular complexity index is 565. The lowest BCUT2D eigenvalue weighted by Gasteiger charge is -2.18. The molecule has 0 bridgehead atoms. The Balaban J connectivity index is 2.52. The molecule has 1 unspecified atom stereocenters. The highest BCUT2D eigenvalue weighted by Crippen LogP contribution is 2.33. The summed E-state index contributed by atoms with van der Waals surface area (Å²) in [5.74, 6) is -0.346. The molecule has 0 amide bonds. The minimum absolute atomic E-state index is 0.159. The fourth-order valence-electron chi connectivity index (χ4n) is 2.16. The molecular formula is C14H15ClFNS. The lowest BCUT2D eigenvalue weighted by molar-refractivity contribution is 0.576. The number of benzene rings is 1. The quantitative estimate of drug-likeness (QED) is 0.876. The molecule has 0 fully saturated rings. The van der Waals surface area contributed by atoms with E-state index in [0.29, 0.717) is 5.56 Å². The van der Waals surface area contributed by atoms with Gasteiger partial charge >= 0.3 is 0 Å². The first-order chi connectivity index (χ1) is 8.54. The van der Waals surface area contributed by atoms with Crippen molar-refractivity contribution in [1.82, 2.24) is 5.32 Å². The van der Waals surface area contributed by atoms with Crippen molar-refractivity contribution in [1.29, 1.82) is 0 Å². The van der Waals surface area contributed by atoms with Gasteiger partial charge in [-0.15, -0.1) is 11.3 Å². The van der Waals surface area contributed by atoms with Gasteiger partial charge in [0, 0.05) is 15.3 Å². The topological polar surface area (TPSA) is 12.0 Å². The summed E-state index contributed by atoms with van der Waals surface area (Å²) in [5.41, 5.74) is 1.70. The minimum atomic E-state index is -0.346. The fraction of sp³-hybridized carbons (Fsp3) is 0.286. The number of nitrogens with one attached hydrogen (secondary N) is 1. The van der Waals surface area contributed by atoms with Crippen LogP contribution in [0, 0.1) is 19.7 Å². The van der Waals surface area contributed by atoms with Crippen molar-refractivity contribution < 1.29 is 4.39 Å². The van der Waals surface area contributed by atoms with Crippen LogP contribution >= 0.6 is 22.9 Å². The van der Waals surface area contributed by atoms with Gasteiger partial charge < -0.3 is 5.32 Å². The van der Waals surface area contributed by atoms with Crippen LogP contribution in [0.3, 0.4) is 0 Å². The van der Waals surface area contributed by atoms with Gasteiger partial charge in [-0.3, -0.25) is 0 Å². The van der Waals surface area contributed by atoms with E-state index >= 15 is 0 Å². The van der Waals surface area contributed by atoms with E-state index in [4.69, 9.17) is 11.6 Å². The van der Waals surface area contributed by atoms with Crippen molar-refractivity contribution in [3.05, 3.63) is 56.0 Å². The first kappa shape index (κ1) is 13.5. The summed E-state index contributed by atoms with van der Waals surface area (Å²) in [6.45, 7) is 4.11. The summed E-state index contributed by atoms with van der Waals surface area (Å²) < 4.78 is 14.1. The molecule has 2 rings (SSSR count). The van der Waals surface area contributed by atoms with E-state index in [2.05, 4.69) is 25.2 Å². The van der Waals surface area contributed by atoms with Gasteiger partial charge in [0.05, 0.1) is 11.1 Å². The molecule has 1 atom stereocenters.